The first-order valence-electron chi connectivity index (χ1n) is 20.0. The van der Waals surface area contributed by atoms with E-state index in [1.54, 1.807) is 21.6 Å². The molecule has 0 atom stereocenters. The first kappa shape index (κ1) is 56.6. The first-order chi connectivity index (χ1) is 27.2. The predicted molar refractivity (Wildman–Crippen MR) is 276 cm³/mol. The van der Waals surface area contributed by atoms with Crippen LogP contribution in [0.1, 0.15) is 107 Å². The lowest BCUT2D eigenvalue weighted by molar-refractivity contribution is 0.0710. The highest BCUT2D eigenvalue weighted by atomic mass is 34.2. The van der Waals surface area contributed by atoms with Crippen LogP contribution in [-0.4, -0.2) is 108 Å². The largest absolute Gasteiger partial charge is 0.512 e. The van der Waals surface area contributed by atoms with Gasteiger partial charge in [0.25, 0.3) is 0 Å². The van der Waals surface area contributed by atoms with E-state index in [9.17, 15) is 0 Å². The van der Waals surface area contributed by atoms with Crippen molar-refractivity contribution in [3.05, 3.63) is 0 Å². The van der Waals surface area contributed by atoms with Crippen LogP contribution in [0, 0.1) is 11.3 Å². The summed E-state index contributed by atoms with van der Waals surface area (Å²) in [6.07, 6.45) is 9.59. The third kappa shape index (κ3) is 21.2. The van der Waals surface area contributed by atoms with Crippen LogP contribution < -0.4 is 0 Å². The second-order valence-electron chi connectivity index (χ2n) is 12.6. The van der Waals surface area contributed by atoms with E-state index in [4.69, 9.17) is 39.8 Å². The molecular formula is C32H70O9S12Si3. The van der Waals surface area contributed by atoms with Crippen LogP contribution in [0.25, 0.3) is 0 Å². The Morgan fingerprint density at radius 2 is 0.893 bits per heavy atom. The fraction of sp³-hybridized carbons (Fsp3) is 1.00. The predicted octanol–water partition coefficient (Wildman–Crippen LogP) is 14.5. The van der Waals surface area contributed by atoms with Gasteiger partial charge in [0.1, 0.15) is 0 Å². The van der Waals surface area contributed by atoms with Gasteiger partial charge in [0, 0.05) is 77.0 Å². The molecule has 0 aromatic carbocycles. The minimum Gasteiger partial charge on any atom is -0.374 e. The van der Waals surface area contributed by atoms with Gasteiger partial charge in [0.05, 0.1) is 10.8 Å². The summed E-state index contributed by atoms with van der Waals surface area (Å²) < 4.78 is 55.8. The molecule has 24 heteroatoms. The fourth-order valence-electron chi connectivity index (χ4n) is 6.78. The molecule has 0 unspecified atom stereocenters. The van der Waals surface area contributed by atoms with Gasteiger partial charge in [-0.25, -0.2) is 0 Å². The highest BCUT2D eigenvalue weighted by Crippen LogP contribution is 2.89. The van der Waals surface area contributed by atoms with E-state index in [0.29, 0.717) is 75.6 Å². The second-order valence-corrected chi connectivity index (χ2v) is 48.0. The Morgan fingerprint density at radius 3 is 1.27 bits per heavy atom. The Balaban J connectivity index is 2.23. The molecule has 336 valence electrons. The van der Waals surface area contributed by atoms with E-state index in [2.05, 4.69) is 20.6 Å². The summed E-state index contributed by atoms with van der Waals surface area (Å²) in [6.45, 7) is 23.5. The lowest BCUT2D eigenvalue weighted by atomic mass is 9.82. The molecule has 2 rings (SSSR count). The van der Waals surface area contributed by atoms with Crippen molar-refractivity contribution in [3.8, 4) is 0 Å². The maximum atomic E-state index is 6.30. The molecule has 0 saturated heterocycles. The lowest BCUT2D eigenvalue weighted by Crippen LogP contribution is -2.49. The molecule has 0 aliphatic heterocycles. The normalized spacial score (nSPS) is 19.4. The summed E-state index contributed by atoms with van der Waals surface area (Å²) in [6, 6.07) is 0.815. The molecule has 0 aromatic rings. The molecule has 0 spiro atoms. The van der Waals surface area contributed by atoms with Crippen molar-refractivity contribution in [2.45, 2.75) is 113 Å². The van der Waals surface area contributed by atoms with E-state index in [1.165, 1.54) is 44.3 Å². The summed E-state index contributed by atoms with van der Waals surface area (Å²) in [5, 5.41) is 1.43. The van der Waals surface area contributed by atoms with E-state index >= 15 is 0 Å². The van der Waals surface area contributed by atoms with Crippen LogP contribution >= 0.6 is 118 Å². The standard InChI is InChI=1S/C32H70O9S12Si3/c1-10-33-54(34-11-2,35-12-3)27-19-26-53(50-47-42-25-24-32-22-20-31(28-32)21-23-32,51-48-45-43-29-55(36-13-4,37-14-5)38-15-6)52-49-46-44-30-56(39-16-7,40-17-8)41-18-9/h31H,10-30H2,1-9H3. The Hall–Kier alpha value is 4.49. The monoisotopic (exact) mass is 1070 g/mol. The van der Waals surface area contributed by atoms with Crippen molar-refractivity contribution >= 4 is 145 Å². The number of fused-ring (bicyclic) bond motifs is 2. The zero-order valence-electron chi connectivity index (χ0n) is 35.0. The highest BCUT2D eigenvalue weighted by molar-refractivity contribution is 9.74. The summed E-state index contributed by atoms with van der Waals surface area (Å²) >= 11 is 0. The van der Waals surface area contributed by atoms with Crippen LogP contribution in [0.4, 0.5) is 0 Å². The molecule has 0 heterocycles. The molecular weight excluding hydrogens is 997 g/mol. The molecule has 2 aliphatic carbocycles. The number of hydrogen-bond acceptors (Lipinski definition) is 20. The topological polar surface area (TPSA) is 83.1 Å². The third-order valence-corrected chi connectivity index (χ3v) is 57.3. The Kier molecular flexibility index (Phi) is 33.4. The summed E-state index contributed by atoms with van der Waals surface area (Å²) in [5.74, 6) is 3.27. The molecule has 0 aromatic heterocycles. The van der Waals surface area contributed by atoms with Crippen LogP contribution in [0.2, 0.25) is 6.04 Å². The SMILES string of the molecule is CCO[Si](CCCS(SSSCCC12CCC(CC1)C2)(SSSSC[Si](OCC)(OCC)OCC)SSSSC[Si](OCC)(OCC)OCC)(OCC)OCC. The fourth-order valence-corrected chi connectivity index (χ4v) is 67.9. The zero-order chi connectivity index (χ0) is 41.1. The molecule has 2 saturated carbocycles. The van der Waals surface area contributed by atoms with Gasteiger partial charge in [0.2, 0.25) is 0 Å². The highest BCUT2D eigenvalue weighted by Gasteiger charge is 2.45. The molecule has 0 radical (unpaired) electrons. The second kappa shape index (κ2) is 33.0. The van der Waals surface area contributed by atoms with Crippen molar-refractivity contribution in [2.24, 2.45) is 11.3 Å². The van der Waals surface area contributed by atoms with Crippen LogP contribution in [-0.2, 0) is 39.8 Å². The minimum atomic E-state index is -2.77. The van der Waals surface area contributed by atoms with E-state index in [0.717, 1.165) is 24.1 Å². The van der Waals surface area contributed by atoms with Gasteiger partial charge in [0.15, 0.2) is 0 Å². The summed E-state index contributed by atoms with van der Waals surface area (Å²) in [7, 11) is 11.7. The first-order valence-corrected chi connectivity index (χ1v) is 42.8. The maximum Gasteiger partial charge on any atom is 0.512 e. The van der Waals surface area contributed by atoms with Crippen molar-refractivity contribution < 1.29 is 39.8 Å². The molecule has 2 fully saturated rings. The number of rotatable bonds is 40. The van der Waals surface area contributed by atoms with Gasteiger partial charge in [-0.05, 0) is 197 Å². The zero-order valence-corrected chi connectivity index (χ0v) is 47.8. The van der Waals surface area contributed by atoms with Crippen molar-refractivity contribution in [1.29, 1.82) is 0 Å². The Labute approximate surface area is 386 Å². The Bertz CT molecular complexity index is 903. The smallest absolute Gasteiger partial charge is 0.374 e. The third-order valence-electron chi connectivity index (χ3n) is 8.82. The number of hydrogen-bond donors (Lipinski definition) is 0. The van der Waals surface area contributed by atoms with Crippen LogP contribution in [0.15, 0.2) is 0 Å². The average molecular weight is 1070 g/mol. The molecule has 9 nitrogen and oxygen atoms in total. The quantitative estimate of drug-likeness (QED) is 0.0331. The van der Waals surface area contributed by atoms with Gasteiger partial charge < -0.3 is 39.8 Å². The van der Waals surface area contributed by atoms with E-state index < -0.39 is 33.5 Å². The molecule has 2 bridgehead atoms. The van der Waals surface area contributed by atoms with E-state index in [-0.39, 0.29) is 0 Å². The lowest BCUT2D eigenvalue weighted by Gasteiger charge is -2.35. The summed E-state index contributed by atoms with van der Waals surface area (Å²) in [4.78, 5) is 0. The average Bonchev–Trinajstić information content (AvgIpc) is 3.77. The van der Waals surface area contributed by atoms with Gasteiger partial charge in [-0.2, -0.15) is 0 Å². The van der Waals surface area contributed by atoms with Gasteiger partial charge in [-0.15, -0.1) is 0 Å². The van der Waals surface area contributed by atoms with Crippen molar-refractivity contribution in [3.63, 3.8) is 0 Å². The van der Waals surface area contributed by atoms with E-state index in [1.807, 2.05) is 131 Å². The molecule has 2 aliphatic rings. The van der Waals surface area contributed by atoms with Gasteiger partial charge in [-0.3, -0.25) is 0 Å². The van der Waals surface area contributed by atoms with Crippen LogP contribution in [0.3, 0.4) is 0 Å². The molecule has 0 N–H and O–H groups in total. The Morgan fingerprint density at radius 1 is 0.500 bits per heavy atom. The van der Waals surface area contributed by atoms with Gasteiger partial charge in [-0.1, -0.05) is 39.5 Å². The minimum absolute atomic E-state index is 0.586. The van der Waals surface area contributed by atoms with Crippen molar-refractivity contribution in [2.75, 3.05) is 81.7 Å². The van der Waals surface area contributed by atoms with Crippen LogP contribution in [0.5, 0.6) is 0 Å². The molecule has 56 heavy (non-hydrogen) atoms. The summed E-state index contributed by atoms with van der Waals surface area (Å²) in [5.41, 5.74) is 0.627. The maximum absolute atomic E-state index is 6.30. The van der Waals surface area contributed by atoms with Crippen molar-refractivity contribution in [1.82, 2.24) is 0 Å². The van der Waals surface area contributed by atoms with Gasteiger partial charge >= 0.3 is 26.4 Å². The molecule has 0 amide bonds.